The first-order valence-corrected chi connectivity index (χ1v) is 10.9. The number of guanidine groups is 1. The highest BCUT2D eigenvalue weighted by atomic mass is 32.2. The standard InChI is InChI=1S/C19H26N7O3S/c1-12-10-25(11-13(2)29-12)18-22-15-14(16(27)24(4)19(28)23(15)3)26(18)8-9-30-17-20-6-5-7-21-17/h5-7,12-14H,8-11H2,1-4H3/q+1. The van der Waals surface area contributed by atoms with Crippen LogP contribution >= 0.6 is 11.8 Å². The van der Waals surface area contributed by atoms with Crippen LogP contribution in [0.15, 0.2) is 28.6 Å². The zero-order valence-electron chi connectivity index (χ0n) is 17.6. The number of fused-ring (bicyclic) bond motifs is 1. The monoisotopic (exact) mass is 432 g/mol. The maximum atomic E-state index is 13.0. The SMILES string of the molecule is CC1C[N+](=C2N=C3C(C(=O)N(C)C(=O)N3C)N2CCSc2ncccn2)CC(C)O1. The van der Waals surface area contributed by atoms with Crippen LogP contribution in [0.1, 0.15) is 13.8 Å². The van der Waals surface area contributed by atoms with E-state index in [2.05, 4.69) is 14.5 Å². The van der Waals surface area contributed by atoms with Crippen molar-refractivity contribution in [2.45, 2.75) is 37.3 Å². The Hall–Kier alpha value is -2.53. The normalized spacial score (nSPS) is 27.0. The lowest BCUT2D eigenvalue weighted by molar-refractivity contribution is -0.571. The fourth-order valence-corrected chi connectivity index (χ4v) is 4.74. The fourth-order valence-electron chi connectivity index (χ4n) is 4.00. The van der Waals surface area contributed by atoms with Crippen molar-refractivity contribution in [2.24, 2.45) is 4.99 Å². The number of hydrogen-bond donors (Lipinski definition) is 0. The van der Waals surface area contributed by atoms with Crippen LogP contribution in [-0.4, -0.2) is 111 Å². The number of rotatable bonds is 4. The lowest BCUT2D eigenvalue weighted by Gasteiger charge is -2.33. The van der Waals surface area contributed by atoms with E-state index < -0.39 is 6.04 Å². The number of ether oxygens (including phenoxy) is 1. The molecule has 0 aromatic carbocycles. The molecular formula is C19H26N7O3S+. The third-order valence-corrected chi connectivity index (χ3v) is 6.17. The zero-order valence-corrected chi connectivity index (χ0v) is 18.4. The van der Waals surface area contributed by atoms with E-state index in [9.17, 15) is 9.59 Å². The smallest absolute Gasteiger partial charge is 0.369 e. The van der Waals surface area contributed by atoms with Gasteiger partial charge in [0.05, 0.1) is 31.8 Å². The lowest BCUT2D eigenvalue weighted by atomic mass is 10.1. The number of carbonyl (C=O) groups is 2. The maximum absolute atomic E-state index is 13.0. The van der Waals surface area contributed by atoms with Crippen molar-refractivity contribution in [1.82, 2.24) is 24.7 Å². The number of amidine groups is 1. The molecule has 3 amide bonds. The summed E-state index contributed by atoms with van der Waals surface area (Å²) in [5.74, 6) is 1.61. The van der Waals surface area contributed by atoms with E-state index in [1.165, 1.54) is 23.7 Å². The van der Waals surface area contributed by atoms with Gasteiger partial charge in [0.25, 0.3) is 5.91 Å². The van der Waals surface area contributed by atoms with Crippen molar-refractivity contribution in [3.05, 3.63) is 18.5 Å². The van der Waals surface area contributed by atoms with Crippen LogP contribution in [0.5, 0.6) is 0 Å². The summed E-state index contributed by atoms with van der Waals surface area (Å²) in [6.07, 6.45) is 3.52. The molecule has 30 heavy (non-hydrogen) atoms. The third-order valence-electron chi connectivity index (χ3n) is 5.32. The largest absolute Gasteiger partial charge is 0.392 e. The van der Waals surface area contributed by atoms with Crippen molar-refractivity contribution in [3.63, 3.8) is 0 Å². The molecular weight excluding hydrogens is 406 g/mol. The Bertz CT molecular complexity index is 895. The van der Waals surface area contributed by atoms with E-state index in [-0.39, 0.29) is 24.1 Å². The number of nitrogens with zero attached hydrogens (tertiary/aromatic N) is 7. The minimum atomic E-state index is -0.613. The Morgan fingerprint density at radius 3 is 2.47 bits per heavy atom. The number of carbonyl (C=O) groups excluding carboxylic acids is 2. The molecule has 3 aliphatic heterocycles. The summed E-state index contributed by atoms with van der Waals surface area (Å²) in [5.41, 5.74) is 0. The van der Waals surface area contributed by atoms with Gasteiger partial charge in [0.15, 0.2) is 5.16 Å². The summed E-state index contributed by atoms with van der Waals surface area (Å²) in [7, 11) is 3.18. The Morgan fingerprint density at radius 1 is 1.13 bits per heavy atom. The van der Waals surface area contributed by atoms with Gasteiger partial charge in [-0.25, -0.2) is 19.7 Å². The molecule has 11 heteroatoms. The number of likely N-dealkylation sites (N-methyl/N-ethyl adjacent to an activating group) is 2. The molecule has 0 aliphatic carbocycles. The Labute approximate surface area is 179 Å². The minimum absolute atomic E-state index is 0.0516. The van der Waals surface area contributed by atoms with Gasteiger partial charge in [-0.3, -0.25) is 19.2 Å². The molecule has 0 spiro atoms. The van der Waals surface area contributed by atoms with Gasteiger partial charge in [0.1, 0.15) is 0 Å². The first-order valence-electron chi connectivity index (χ1n) is 9.94. The van der Waals surface area contributed by atoms with Crippen molar-refractivity contribution < 1.29 is 18.9 Å². The Morgan fingerprint density at radius 2 is 1.80 bits per heavy atom. The summed E-state index contributed by atoms with van der Waals surface area (Å²) in [4.78, 5) is 43.4. The summed E-state index contributed by atoms with van der Waals surface area (Å²) >= 11 is 1.52. The van der Waals surface area contributed by atoms with Gasteiger partial charge in [0.2, 0.25) is 11.9 Å². The van der Waals surface area contributed by atoms with E-state index in [4.69, 9.17) is 9.73 Å². The lowest BCUT2D eigenvalue weighted by Crippen LogP contribution is -2.63. The molecule has 0 saturated carbocycles. The number of aromatic nitrogens is 2. The van der Waals surface area contributed by atoms with Gasteiger partial charge in [-0.15, -0.1) is 0 Å². The highest BCUT2D eigenvalue weighted by Gasteiger charge is 2.55. The maximum Gasteiger partial charge on any atom is 0.392 e. The molecule has 0 N–H and O–H groups in total. The van der Waals surface area contributed by atoms with Crippen LogP contribution in [0, 0.1) is 0 Å². The molecule has 2 fully saturated rings. The number of hydrogen-bond acceptors (Lipinski definition) is 6. The van der Waals surface area contributed by atoms with E-state index in [1.54, 1.807) is 25.5 Å². The van der Waals surface area contributed by atoms with E-state index >= 15 is 0 Å². The number of morpholine rings is 1. The van der Waals surface area contributed by atoms with Crippen molar-refractivity contribution >= 4 is 35.5 Å². The molecule has 3 aliphatic rings. The summed E-state index contributed by atoms with van der Waals surface area (Å²) in [6, 6.07) is 0.797. The number of amides is 3. The molecule has 0 bridgehead atoms. The topological polar surface area (TPSA) is 94.2 Å². The number of aliphatic imine (C=N–C) groups is 1. The molecule has 3 atom stereocenters. The van der Waals surface area contributed by atoms with Gasteiger partial charge in [-0.05, 0) is 19.9 Å². The summed E-state index contributed by atoms with van der Waals surface area (Å²) < 4.78 is 8.02. The van der Waals surface area contributed by atoms with E-state index in [0.29, 0.717) is 36.4 Å². The second-order valence-corrected chi connectivity index (χ2v) is 8.71. The van der Waals surface area contributed by atoms with Crippen LogP contribution in [0.25, 0.3) is 0 Å². The van der Waals surface area contributed by atoms with Gasteiger partial charge in [0, 0.05) is 32.2 Å². The van der Waals surface area contributed by atoms with E-state index in [0.717, 1.165) is 10.9 Å². The molecule has 1 aromatic rings. The molecule has 2 saturated heterocycles. The number of thioether (sulfide) groups is 1. The Kier molecular flexibility index (Phi) is 5.74. The Balaban J connectivity index is 1.64. The van der Waals surface area contributed by atoms with Crippen LogP contribution in [0.4, 0.5) is 4.79 Å². The quantitative estimate of drug-likeness (QED) is 0.385. The van der Waals surface area contributed by atoms with Crippen molar-refractivity contribution in [1.29, 1.82) is 0 Å². The van der Waals surface area contributed by atoms with Gasteiger partial charge >= 0.3 is 12.0 Å². The third kappa shape index (κ3) is 3.79. The molecule has 1 aromatic heterocycles. The van der Waals surface area contributed by atoms with Crippen LogP contribution < -0.4 is 0 Å². The predicted molar refractivity (Wildman–Crippen MR) is 112 cm³/mol. The highest BCUT2D eigenvalue weighted by Crippen LogP contribution is 2.25. The average Bonchev–Trinajstić information content (AvgIpc) is 3.10. The number of imide groups is 1. The second kappa shape index (κ2) is 8.31. The van der Waals surface area contributed by atoms with Crippen molar-refractivity contribution in [2.75, 3.05) is 39.5 Å². The second-order valence-electron chi connectivity index (χ2n) is 7.65. The van der Waals surface area contributed by atoms with Gasteiger partial charge < -0.3 is 4.74 Å². The van der Waals surface area contributed by atoms with Gasteiger partial charge in [-0.1, -0.05) is 16.8 Å². The number of urea groups is 1. The summed E-state index contributed by atoms with van der Waals surface area (Å²) in [6.45, 7) is 5.98. The predicted octanol–water partition coefficient (Wildman–Crippen LogP) is 0.351. The molecule has 160 valence electrons. The van der Waals surface area contributed by atoms with Crippen LogP contribution in [-0.2, 0) is 9.53 Å². The van der Waals surface area contributed by atoms with E-state index in [1.807, 2.05) is 18.7 Å². The van der Waals surface area contributed by atoms with Crippen molar-refractivity contribution in [3.8, 4) is 0 Å². The molecule has 0 radical (unpaired) electrons. The first-order chi connectivity index (χ1) is 14.4. The average molecular weight is 433 g/mol. The highest BCUT2D eigenvalue weighted by molar-refractivity contribution is 7.99. The molecule has 10 nitrogen and oxygen atoms in total. The van der Waals surface area contributed by atoms with Crippen LogP contribution in [0.2, 0.25) is 0 Å². The summed E-state index contributed by atoms with van der Waals surface area (Å²) in [5, 5.41) is 0.687. The molecule has 3 unspecified atom stereocenters. The molecule has 4 heterocycles. The fraction of sp³-hybridized carbons (Fsp3) is 0.579. The minimum Gasteiger partial charge on any atom is -0.369 e. The molecule has 4 rings (SSSR count). The van der Waals surface area contributed by atoms with Gasteiger partial charge in [-0.2, -0.15) is 0 Å². The first kappa shape index (κ1) is 20.7. The van der Waals surface area contributed by atoms with Crippen LogP contribution in [0.3, 0.4) is 0 Å². The zero-order chi connectivity index (χ0) is 21.4.